The molecule has 2 rings (SSSR count). The number of carbonyl (C=O) groups is 2. The third kappa shape index (κ3) is 6.41. The minimum Gasteiger partial charge on any atom is -0.352 e. The lowest BCUT2D eigenvalue weighted by atomic mass is 9.84. The molecule has 1 aromatic carbocycles. The molecule has 1 saturated carbocycles. The van der Waals surface area contributed by atoms with Gasteiger partial charge in [0, 0.05) is 19.1 Å². The van der Waals surface area contributed by atoms with Crippen LogP contribution in [0.2, 0.25) is 0 Å². The molecule has 0 spiro atoms. The van der Waals surface area contributed by atoms with E-state index in [1.807, 2.05) is 0 Å². The molecule has 1 fully saturated rings. The summed E-state index contributed by atoms with van der Waals surface area (Å²) in [5.74, 6) is -2.70. The molecule has 1 aliphatic rings. The predicted octanol–water partition coefficient (Wildman–Crippen LogP) is 3.37. The van der Waals surface area contributed by atoms with Gasteiger partial charge in [-0.1, -0.05) is 25.0 Å². The zero-order chi connectivity index (χ0) is 19.9. The maximum atomic E-state index is 13.5. The fourth-order valence-electron chi connectivity index (χ4n) is 3.15. The number of amides is 3. The maximum Gasteiger partial charge on any atom is 0.393 e. The summed E-state index contributed by atoms with van der Waals surface area (Å²) in [4.78, 5) is 23.6. The maximum absolute atomic E-state index is 13.5. The van der Waals surface area contributed by atoms with Gasteiger partial charge in [-0.15, -0.1) is 0 Å². The quantitative estimate of drug-likeness (QED) is 0.516. The van der Waals surface area contributed by atoms with Crippen LogP contribution in [0, 0.1) is 11.7 Å². The van der Waals surface area contributed by atoms with Gasteiger partial charge in [0.15, 0.2) is 0 Å². The predicted molar refractivity (Wildman–Crippen MR) is 91.7 cm³/mol. The summed E-state index contributed by atoms with van der Waals surface area (Å²) in [5, 5.41) is 7.41. The summed E-state index contributed by atoms with van der Waals surface area (Å²) in [7, 11) is 0. The summed E-state index contributed by atoms with van der Waals surface area (Å²) in [5.41, 5.74) is -0.0707. The van der Waals surface area contributed by atoms with Crippen LogP contribution in [0.15, 0.2) is 24.3 Å². The molecule has 0 unspecified atom stereocenters. The first-order valence-electron chi connectivity index (χ1n) is 8.93. The first kappa shape index (κ1) is 21.0. The van der Waals surface area contributed by atoms with E-state index in [9.17, 15) is 27.2 Å². The monoisotopic (exact) mass is 389 g/mol. The van der Waals surface area contributed by atoms with Gasteiger partial charge in [0.25, 0.3) is 5.91 Å². The van der Waals surface area contributed by atoms with Crippen LogP contribution in [0.1, 0.15) is 42.5 Å². The van der Waals surface area contributed by atoms with Crippen molar-refractivity contribution in [2.75, 3.05) is 13.1 Å². The molecule has 150 valence electrons. The van der Waals surface area contributed by atoms with Crippen LogP contribution in [0.3, 0.4) is 0 Å². The second kappa shape index (κ2) is 9.57. The number of halogens is 4. The van der Waals surface area contributed by atoms with Gasteiger partial charge in [-0.05, 0) is 31.4 Å². The smallest absolute Gasteiger partial charge is 0.352 e. The molecule has 1 aromatic rings. The minimum atomic E-state index is -4.32. The Kier molecular flexibility index (Phi) is 7.44. The van der Waals surface area contributed by atoms with E-state index in [2.05, 4.69) is 16.0 Å². The molecule has 5 nitrogen and oxygen atoms in total. The Labute approximate surface area is 154 Å². The molecule has 27 heavy (non-hydrogen) atoms. The zero-order valence-electron chi connectivity index (χ0n) is 14.7. The largest absolute Gasteiger partial charge is 0.393 e. The Bertz CT molecular complexity index is 652. The minimum absolute atomic E-state index is 0.0243. The van der Waals surface area contributed by atoms with E-state index in [1.54, 1.807) is 6.07 Å². The highest BCUT2D eigenvalue weighted by atomic mass is 19.4. The molecular weight excluding hydrogens is 366 g/mol. The standard InChI is InChI=1S/C18H23F4N3O2/c19-14-8-3-1-6-12(14)16(26)23-10-5-11-24-17(27)25-15-9-4-2-7-13(15)18(20,21)22/h1,3,6,8,13,15H,2,4-5,7,9-11H2,(H,23,26)(H2,24,25,27)/t13-,15-/m1/s1. The lowest BCUT2D eigenvalue weighted by Gasteiger charge is -2.33. The number of hydrogen-bond acceptors (Lipinski definition) is 2. The van der Waals surface area contributed by atoms with Crippen LogP contribution in [0.25, 0.3) is 0 Å². The molecule has 0 aliphatic heterocycles. The summed E-state index contributed by atoms with van der Waals surface area (Å²) in [6.07, 6.45) is -2.48. The van der Waals surface area contributed by atoms with E-state index in [4.69, 9.17) is 0 Å². The fraction of sp³-hybridized carbons (Fsp3) is 0.556. The van der Waals surface area contributed by atoms with Crippen LogP contribution in [-0.4, -0.2) is 37.2 Å². The molecule has 0 heterocycles. The first-order chi connectivity index (χ1) is 12.8. The van der Waals surface area contributed by atoms with Gasteiger partial charge in [-0.2, -0.15) is 13.2 Å². The highest BCUT2D eigenvalue weighted by Crippen LogP contribution is 2.37. The van der Waals surface area contributed by atoms with Gasteiger partial charge in [0.2, 0.25) is 0 Å². The van der Waals surface area contributed by atoms with Gasteiger partial charge < -0.3 is 16.0 Å². The van der Waals surface area contributed by atoms with E-state index in [0.29, 0.717) is 25.7 Å². The Morgan fingerprint density at radius 3 is 2.41 bits per heavy atom. The molecule has 0 radical (unpaired) electrons. The van der Waals surface area contributed by atoms with Crippen LogP contribution in [-0.2, 0) is 0 Å². The number of carbonyl (C=O) groups excluding carboxylic acids is 2. The summed E-state index contributed by atoms with van der Waals surface area (Å²) in [6.45, 7) is 0.370. The second-order valence-corrected chi connectivity index (χ2v) is 6.53. The molecule has 0 aromatic heterocycles. The van der Waals surface area contributed by atoms with E-state index in [1.165, 1.54) is 18.2 Å². The van der Waals surface area contributed by atoms with E-state index < -0.39 is 35.9 Å². The van der Waals surface area contributed by atoms with Crippen molar-refractivity contribution in [3.8, 4) is 0 Å². The third-order valence-electron chi connectivity index (χ3n) is 4.55. The molecule has 0 bridgehead atoms. The normalized spacial score (nSPS) is 20.0. The Morgan fingerprint density at radius 2 is 1.70 bits per heavy atom. The van der Waals surface area contributed by atoms with E-state index in [-0.39, 0.29) is 25.1 Å². The zero-order valence-corrected chi connectivity index (χ0v) is 14.7. The second-order valence-electron chi connectivity index (χ2n) is 6.53. The number of alkyl halides is 3. The van der Waals surface area contributed by atoms with E-state index >= 15 is 0 Å². The van der Waals surface area contributed by atoms with Crippen molar-refractivity contribution in [2.24, 2.45) is 5.92 Å². The lowest BCUT2D eigenvalue weighted by Crippen LogP contribution is -2.50. The molecule has 9 heteroatoms. The Balaban J connectivity index is 1.67. The van der Waals surface area contributed by atoms with Gasteiger partial charge in [-0.25, -0.2) is 9.18 Å². The number of nitrogens with one attached hydrogen (secondary N) is 3. The van der Waals surface area contributed by atoms with Crippen molar-refractivity contribution < 1.29 is 27.2 Å². The van der Waals surface area contributed by atoms with Crippen LogP contribution < -0.4 is 16.0 Å². The molecule has 0 saturated heterocycles. The van der Waals surface area contributed by atoms with Crippen molar-refractivity contribution in [1.29, 1.82) is 0 Å². The third-order valence-corrected chi connectivity index (χ3v) is 4.55. The molecule has 2 atom stereocenters. The van der Waals surface area contributed by atoms with Crippen molar-refractivity contribution >= 4 is 11.9 Å². The average Bonchev–Trinajstić information content (AvgIpc) is 2.61. The number of rotatable bonds is 6. The molecule has 3 amide bonds. The Morgan fingerprint density at radius 1 is 1.04 bits per heavy atom. The van der Waals surface area contributed by atoms with Crippen molar-refractivity contribution in [2.45, 2.75) is 44.3 Å². The topological polar surface area (TPSA) is 70.2 Å². The van der Waals surface area contributed by atoms with Crippen LogP contribution >= 0.6 is 0 Å². The summed E-state index contributed by atoms with van der Waals surface area (Å²) < 4.78 is 52.5. The molecule has 1 aliphatic carbocycles. The number of hydrogen-bond donors (Lipinski definition) is 3. The summed E-state index contributed by atoms with van der Waals surface area (Å²) in [6, 6.07) is 3.99. The molecular formula is C18H23F4N3O2. The van der Waals surface area contributed by atoms with Crippen molar-refractivity contribution in [3.05, 3.63) is 35.6 Å². The van der Waals surface area contributed by atoms with Crippen LogP contribution in [0.4, 0.5) is 22.4 Å². The van der Waals surface area contributed by atoms with Gasteiger partial charge in [-0.3, -0.25) is 4.79 Å². The van der Waals surface area contributed by atoms with Gasteiger partial charge in [0.05, 0.1) is 11.5 Å². The molecule has 3 N–H and O–H groups in total. The highest BCUT2D eigenvalue weighted by Gasteiger charge is 2.45. The van der Waals surface area contributed by atoms with Gasteiger partial charge in [0.1, 0.15) is 5.82 Å². The number of benzene rings is 1. The highest BCUT2D eigenvalue weighted by molar-refractivity contribution is 5.94. The lowest BCUT2D eigenvalue weighted by molar-refractivity contribution is -0.187. The van der Waals surface area contributed by atoms with Crippen molar-refractivity contribution in [1.82, 2.24) is 16.0 Å². The number of urea groups is 1. The summed E-state index contributed by atoms with van der Waals surface area (Å²) >= 11 is 0. The fourth-order valence-corrected chi connectivity index (χ4v) is 3.15. The first-order valence-corrected chi connectivity index (χ1v) is 8.93. The Hall–Kier alpha value is -2.32. The van der Waals surface area contributed by atoms with E-state index in [0.717, 1.165) is 0 Å². The van der Waals surface area contributed by atoms with Crippen molar-refractivity contribution in [3.63, 3.8) is 0 Å². The van der Waals surface area contributed by atoms with Crippen LogP contribution in [0.5, 0.6) is 0 Å². The SMILES string of the molecule is O=C(NCCCNC(=O)c1ccccc1F)N[C@@H]1CCCC[C@H]1C(F)(F)F. The van der Waals surface area contributed by atoms with Gasteiger partial charge >= 0.3 is 12.2 Å². The average molecular weight is 389 g/mol.